The number of rotatable bonds is 0. The Hall–Kier alpha value is -0.790. The predicted octanol–water partition coefficient (Wildman–Crippen LogP) is 5.42. The highest BCUT2D eigenvalue weighted by atomic mass is 16.6. The van der Waals surface area contributed by atoms with Crippen LogP contribution < -0.4 is 0 Å². The third-order valence-corrected chi connectivity index (χ3v) is 9.36. The van der Waals surface area contributed by atoms with Crippen molar-refractivity contribution in [1.29, 1.82) is 0 Å². The Labute approximate surface area is 146 Å². The number of carbonyl (C=O) groups excluding carboxylic acids is 1. The first kappa shape index (κ1) is 15.5. The summed E-state index contributed by atoms with van der Waals surface area (Å²) in [7, 11) is 0. The van der Waals surface area contributed by atoms with Gasteiger partial charge < -0.3 is 4.74 Å². The van der Waals surface area contributed by atoms with Gasteiger partial charge in [-0.3, -0.25) is 4.79 Å². The summed E-state index contributed by atoms with van der Waals surface area (Å²) in [5, 5.41) is 0. The Kier molecular flexibility index (Phi) is 3.15. The number of hydrogen-bond acceptors (Lipinski definition) is 2. The number of hydrogen-bond donors (Lipinski definition) is 0. The molecule has 1 aliphatic heterocycles. The lowest BCUT2D eigenvalue weighted by Gasteiger charge is -2.59. The minimum absolute atomic E-state index is 0.0621. The molecule has 6 atom stereocenters. The van der Waals surface area contributed by atoms with Gasteiger partial charge in [0.05, 0.1) is 0 Å². The number of esters is 1. The van der Waals surface area contributed by atoms with E-state index in [9.17, 15) is 4.79 Å². The molecular weight excluding hydrogens is 296 g/mol. The van der Waals surface area contributed by atoms with E-state index in [0.29, 0.717) is 11.8 Å². The zero-order valence-corrected chi connectivity index (χ0v) is 15.4. The maximum atomic E-state index is 11.9. The molecule has 5 rings (SSSR count). The molecule has 0 amide bonds. The SMILES string of the molecule is C[C@]12CCCC=C1CC[C@@H]1[C@@H]2CC[C@@]2(C)[C@H]1CC[C@]21CCC(=O)O1. The molecule has 0 unspecified atom stereocenters. The van der Waals surface area contributed by atoms with Crippen LogP contribution in [0.5, 0.6) is 0 Å². The second-order valence-electron chi connectivity index (χ2n) is 9.92. The molecule has 0 aromatic carbocycles. The summed E-state index contributed by atoms with van der Waals surface area (Å²) in [6, 6.07) is 0. The summed E-state index contributed by atoms with van der Waals surface area (Å²) in [6.45, 7) is 5.06. The highest BCUT2D eigenvalue weighted by Gasteiger charge is 2.66. The molecule has 132 valence electrons. The molecule has 0 aromatic heterocycles. The van der Waals surface area contributed by atoms with Crippen molar-refractivity contribution in [1.82, 2.24) is 0 Å². The minimum Gasteiger partial charge on any atom is -0.458 e. The van der Waals surface area contributed by atoms with Gasteiger partial charge in [-0.1, -0.05) is 25.5 Å². The Morgan fingerprint density at radius 2 is 1.83 bits per heavy atom. The van der Waals surface area contributed by atoms with Crippen LogP contribution in [0.15, 0.2) is 11.6 Å². The van der Waals surface area contributed by atoms with Gasteiger partial charge >= 0.3 is 5.97 Å². The molecule has 4 fully saturated rings. The average molecular weight is 328 g/mol. The van der Waals surface area contributed by atoms with Crippen LogP contribution in [0.4, 0.5) is 0 Å². The molecule has 0 radical (unpaired) electrons. The fourth-order valence-electron chi connectivity index (χ4n) is 8.05. The monoisotopic (exact) mass is 328 g/mol. The van der Waals surface area contributed by atoms with Crippen LogP contribution in [-0.2, 0) is 9.53 Å². The van der Waals surface area contributed by atoms with Gasteiger partial charge in [-0.15, -0.1) is 0 Å². The van der Waals surface area contributed by atoms with Crippen molar-refractivity contribution >= 4 is 5.97 Å². The van der Waals surface area contributed by atoms with Crippen LogP contribution >= 0.6 is 0 Å². The van der Waals surface area contributed by atoms with Crippen LogP contribution in [0.3, 0.4) is 0 Å². The molecule has 0 bridgehead atoms. The van der Waals surface area contributed by atoms with Crippen molar-refractivity contribution in [2.45, 2.75) is 90.1 Å². The van der Waals surface area contributed by atoms with Crippen molar-refractivity contribution in [3.8, 4) is 0 Å². The zero-order chi connectivity index (χ0) is 16.6. The van der Waals surface area contributed by atoms with Crippen LogP contribution in [0, 0.1) is 28.6 Å². The predicted molar refractivity (Wildman–Crippen MR) is 94.4 cm³/mol. The molecule has 24 heavy (non-hydrogen) atoms. The second-order valence-corrected chi connectivity index (χ2v) is 9.92. The highest BCUT2D eigenvalue weighted by Crippen LogP contribution is 2.69. The van der Waals surface area contributed by atoms with E-state index in [0.717, 1.165) is 30.6 Å². The maximum absolute atomic E-state index is 11.9. The summed E-state index contributed by atoms with van der Waals surface area (Å²) in [6.07, 6.45) is 16.1. The molecule has 1 saturated heterocycles. The Balaban J connectivity index is 1.49. The van der Waals surface area contributed by atoms with E-state index in [2.05, 4.69) is 19.9 Å². The topological polar surface area (TPSA) is 26.3 Å². The molecule has 3 saturated carbocycles. The van der Waals surface area contributed by atoms with Gasteiger partial charge in [0.25, 0.3) is 0 Å². The van der Waals surface area contributed by atoms with E-state index in [-0.39, 0.29) is 17.0 Å². The summed E-state index contributed by atoms with van der Waals surface area (Å²) in [4.78, 5) is 11.9. The summed E-state index contributed by atoms with van der Waals surface area (Å²) in [5.74, 6) is 2.58. The van der Waals surface area contributed by atoms with Gasteiger partial charge in [0.2, 0.25) is 0 Å². The van der Waals surface area contributed by atoms with E-state index in [1.54, 1.807) is 5.57 Å². The molecule has 2 nitrogen and oxygen atoms in total. The maximum Gasteiger partial charge on any atom is 0.306 e. The minimum atomic E-state index is -0.108. The first-order valence-electron chi connectivity index (χ1n) is 10.4. The zero-order valence-electron chi connectivity index (χ0n) is 15.4. The Morgan fingerprint density at radius 3 is 2.62 bits per heavy atom. The second kappa shape index (κ2) is 4.89. The molecule has 0 aromatic rings. The Bertz CT molecular complexity index is 607. The molecule has 1 heterocycles. The van der Waals surface area contributed by atoms with Gasteiger partial charge in [-0.2, -0.15) is 0 Å². The molecule has 2 heteroatoms. The fourth-order valence-corrected chi connectivity index (χ4v) is 8.05. The third-order valence-electron chi connectivity index (χ3n) is 9.36. The Morgan fingerprint density at radius 1 is 1.00 bits per heavy atom. The fraction of sp³-hybridized carbons (Fsp3) is 0.864. The van der Waals surface area contributed by atoms with Crippen molar-refractivity contribution in [3.63, 3.8) is 0 Å². The lowest BCUT2D eigenvalue weighted by atomic mass is 9.46. The molecule has 0 N–H and O–H groups in total. The number of ether oxygens (including phenoxy) is 1. The van der Waals surface area contributed by atoms with Crippen LogP contribution in [-0.4, -0.2) is 11.6 Å². The van der Waals surface area contributed by atoms with E-state index >= 15 is 0 Å². The van der Waals surface area contributed by atoms with Crippen LogP contribution in [0.2, 0.25) is 0 Å². The summed E-state index contributed by atoms with van der Waals surface area (Å²) >= 11 is 0. The van der Waals surface area contributed by atoms with Gasteiger partial charge in [-0.25, -0.2) is 0 Å². The third kappa shape index (κ3) is 1.76. The molecule has 1 spiro atoms. The summed E-state index contributed by atoms with van der Waals surface area (Å²) in [5.41, 5.74) is 2.40. The van der Waals surface area contributed by atoms with Crippen molar-refractivity contribution in [2.75, 3.05) is 0 Å². The molecule has 4 aliphatic carbocycles. The number of allylic oxidation sites excluding steroid dienone is 2. The van der Waals surface area contributed by atoms with E-state index in [1.165, 1.54) is 51.4 Å². The number of carbonyl (C=O) groups is 1. The van der Waals surface area contributed by atoms with Crippen molar-refractivity contribution in [2.24, 2.45) is 28.6 Å². The normalized spacial score (nSPS) is 53.2. The largest absolute Gasteiger partial charge is 0.458 e. The van der Waals surface area contributed by atoms with Crippen LogP contribution in [0.25, 0.3) is 0 Å². The van der Waals surface area contributed by atoms with Gasteiger partial charge in [0.15, 0.2) is 0 Å². The lowest BCUT2D eigenvalue weighted by Crippen LogP contribution is -2.54. The van der Waals surface area contributed by atoms with Gasteiger partial charge in [0.1, 0.15) is 5.60 Å². The number of fused-ring (bicyclic) bond motifs is 6. The lowest BCUT2D eigenvalue weighted by molar-refractivity contribution is -0.168. The van der Waals surface area contributed by atoms with Crippen LogP contribution in [0.1, 0.15) is 84.5 Å². The highest BCUT2D eigenvalue weighted by molar-refractivity contribution is 5.72. The smallest absolute Gasteiger partial charge is 0.306 e. The molecule has 5 aliphatic rings. The quantitative estimate of drug-likeness (QED) is 0.439. The van der Waals surface area contributed by atoms with E-state index in [1.807, 2.05) is 0 Å². The van der Waals surface area contributed by atoms with Gasteiger partial charge in [0, 0.05) is 11.8 Å². The molecular formula is C22H32O2. The summed E-state index contributed by atoms with van der Waals surface area (Å²) < 4.78 is 6.04. The standard InChI is InChI=1S/C22H32O2/c1-20-11-4-3-5-15(20)6-7-16-17(20)8-12-21(2)18(16)9-13-22(21)14-10-19(23)24-22/h5,16-18H,3-4,6-14H2,1-2H3/t16-,17+,18+,20+,21+,22+/m1/s1. The van der Waals surface area contributed by atoms with E-state index < -0.39 is 0 Å². The van der Waals surface area contributed by atoms with Gasteiger partial charge in [-0.05, 0) is 87.4 Å². The first-order valence-corrected chi connectivity index (χ1v) is 10.4. The van der Waals surface area contributed by atoms with E-state index in [4.69, 9.17) is 4.74 Å². The average Bonchev–Trinajstić information content (AvgIpc) is 3.08. The van der Waals surface area contributed by atoms with Crippen molar-refractivity contribution in [3.05, 3.63) is 11.6 Å². The first-order chi connectivity index (χ1) is 11.5. The van der Waals surface area contributed by atoms with Crippen molar-refractivity contribution < 1.29 is 9.53 Å².